The van der Waals surface area contributed by atoms with E-state index in [1.54, 1.807) is 6.26 Å². The van der Waals surface area contributed by atoms with Crippen LogP contribution < -0.4 is 5.32 Å². The van der Waals surface area contributed by atoms with Crippen molar-refractivity contribution in [2.45, 2.75) is 68.6 Å². The third kappa shape index (κ3) is 4.26. The third-order valence-corrected chi connectivity index (χ3v) is 5.85. The normalized spacial score (nSPS) is 18.4. The molecule has 0 aliphatic heterocycles. The Morgan fingerprint density at radius 2 is 2.08 bits per heavy atom. The summed E-state index contributed by atoms with van der Waals surface area (Å²) in [5.41, 5.74) is 0. The summed E-state index contributed by atoms with van der Waals surface area (Å²) in [5.74, 6) is 2.89. The lowest BCUT2D eigenvalue weighted by Gasteiger charge is -2.22. The maximum absolute atomic E-state index is 12.3. The first-order valence-corrected chi connectivity index (χ1v) is 10.2. The van der Waals surface area contributed by atoms with Gasteiger partial charge in [-0.15, -0.1) is 10.2 Å². The van der Waals surface area contributed by atoms with Crippen LogP contribution in [0.1, 0.15) is 62.4 Å². The van der Waals surface area contributed by atoms with E-state index in [4.69, 9.17) is 4.42 Å². The average Bonchev–Trinajstić information content (AvgIpc) is 3.19. The largest absolute Gasteiger partial charge is 0.467 e. The van der Waals surface area contributed by atoms with Crippen LogP contribution in [0.2, 0.25) is 0 Å². The molecule has 0 bridgehead atoms. The first-order valence-electron chi connectivity index (χ1n) is 9.17. The highest BCUT2D eigenvalue weighted by Gasteiger charge is 2.31. The van der Waals surface area contributed by atoms with Gasteiger partial charge >= 0.3 is 0 Å². The van der Waals surface area contributed by atoms with Crippen molar-refractivity contribution >= 4 is 17.7 Å². The van der Waals surface area contributed by atoms with Gasteiger partial charge in [-0.2, -0.15) is 0 Å². The monoisotopic (exact) mass is 360 g/mol. The van der Waals surface area contributed by atoms with Gasteiger partial charge in [0.15, 0.2) is 5.16 Å². The lowest BCUT2D eigenvalue weighted by atomic mass is 9.95. The number of hydrogen-bond donors (Lipinski definition) is 1. The molecule has 1 N–H and O–H groups in total. The fourth-order valence-corrected chi connectivity index (χ4v) is 4.16. The van der Waals surface area contributed by atoms with Gasteiger partial charge in [0, 0.05) is 12.0 Å². The van der Waals surface area contributed by atoms with Gasteiger partial charge in [0.2, 0.25) is 5.91 Å². The highest BCUT2D eigenvalue weighted by Crippen LogP contribution is 2.40. The fourth-order valence-electron chi connectivity index (χ4n) is 3.40. The van der Waals surface area contributed by atoms with E-state index in [0.29, 0.717) is 24.3 Å². The van der Waals surface area contributed by atoms with Gasteiger partial charge in [-0.05, 0) is 37.8 Å². The predicted octanol–water partition coefficient (Wildman–Crippen LogP) is 3.34. The van der Waals surface area contributed by atoms with Crippen LogP contribution >= 0.6 is 11.8 Å². The summed E-state index contributed by atoms with van der Waals surface area (Å²) in [7, 11) is 0. The Morgan fingerprint density at radius 3 is 2.80 bits per heavy atom. The molecule has 2 heterocycles. The Hall–Kier alpha value is -1.76. The molecule has 0 unspecified atom stereocenters. The third-order valence-electron chi connectivity index (χ3n) is 4.88. The van der Waals surface area contributed by atoms with E-state index in [1.807, 2.05) is 12.1 Å². The van der Waals surface area contributed by atoms with Crippen LogP contribution in [-0.2, 0) is 11.3 Å². The molecule has 2 fully saturated rings. The SMILES string of the molecule is O=C(CSc1nnc(C2CC2)n1Cc1ccco1)NC1CCCCC1. The lowest BCUT2D eigenvalue weighted by Crippen LogP contribution is -2.37. The number of amides is 1. The molecule has 7 heteroatoms. The molecular weight excluding hydrogens is 336 g/mol. The average molecular weight is 360 g/mol. The number of hydrogen-bond acceptors (Lipinski definition) is 5. The number of thioether (sulfide) groups is 1. The zero-order valence-corrected chi connectivity index (χ0v) is 15.1. The summed E-state index contributed by atoms with van der Waals surface area (Å²) in [6, 6.07) is 4.20. The van der Waals surface area contributed by atoms with Crippen molar-refractivity contribution in [2.75, 3.05) is 5.75 Å². The molecule has 2 aliphatic carbocycles. The van der Waals surface area contributed by atoms with Crippen molar-refractivity contribution < 1.29 is 9.21 Å². The van der Waals surface area contributed by atoms with Gasteiger partial charge in [0.25, 0.3) is 0 Å². The quantitative estimate of drug-likeness (QED) is 0.767. The van der Waals surface area contributed by atoms with E-state index in [-0.39, 0.29) is 5.91 Å². The Balaban J connectivity index is 1.38. The van der Waals surface area contributed by atoms with Gasteiger partial charge in [0.1, 0.15) is 11.6 Å². The number of carbonyl (C=O) groups is 1. The summed E-state index contributed by atoms with van der Waals surface area (Å²) in [5, 5.41) is 12.7. The smallest absolute Gasteiger partial charge is 0.230 e. The van der Waals surface area contributed by atoms with Crippen molar-refractivity contribution in [1.82, 2.24) is 20.1 Å². The van der Waals surface area contributed by atoms with Crippen LogP contribution in [0.4, 0.5) is 0 Å². The maximum Gasteiger partial charge on any atom is 0.230 e. The maximum atomic E-state index is 12.3. The topological polar surface area (TPSA) is 73.0 Å². The minimum atomic E-state index is 0.0948. The predicted molar refractivity (Wildman–Crippen MR) is 95.5 cm³/mol. The van der Waals surface area contributed by atoms with Crippen LogP contribution in [0.3, 0.4) is 0 Å². The minimum Gasteiger partial charge on any atom is -0.467 e. The molecule has 0 aromatic carbocycles. The van der Waals surface area contributed by atoms with Crippen LogP contribution in [-0.4, -0.2) is 32.5 Å². The Labute approximate surface area is 151 Å². The molecule has 6 nitrogen and oxygen atoms in total. The van der Waals surface area contributed by atoms with Crippen molar-refractivity contribution in [1.29, 1.82) is 0 Å². The molecule has 1 amide bonds. The molecule has 25 heavy (non-hydrogen) atoms. The molecule has 2 aromatic heterocycles. The van der Waals surface area contributed by atoms with Gasteiger partial charge < -0.3 is 9.73 Å². The molecule has 134 valence electrons. The fraction of sp³-hybridized carbons (Fsp3) is 0.611. The van der Waals surface area contributed by atoms with Gasteiger partial charge in [0.05, 0.1) is 18.6 Å². The number of nitrogens with one attached hydrogen (secondary N) is 1. The second-order valence-electron chi connectivity index (χ2n) is 6.97. The molecule has 2 aromatic rings. The molecular formula is C18H24N4O2S. The molecule has 2 saturated carbocycles. The van der Waals surface area contributed by atoms with Crippen LogP contribution in [0.15, 0.2) is 28.0 Å². The first kappa shape index (κ1) is 16.7. The second kappa shape index (κ2) is 7.64. The molecule has 0 radical (unpaired) electrons. The first-order chi connectivity index (χ1) is 12.3. The van der Waals surface area contributed by atoms with E-state index in [9.17, 15) is 4.79 Å². The molecule has 0 saturated heterocycles. The minimum absolute atomic E-state index is 0.0948. The Kier molecular flexibility index (Phi) is 5.10. The number of aromatic nitrogens is 3. The summed E-state index contributed by atoms with van der Waals surface area (Å²) >= 11 is 1.47. The lowest BCUT2D eigenvalue weighted by molar-refractivity contribution is -0.119. The Bertz CT molecular complexity index is 703. The van der Waals surface area contributed by atoms with E-state index in [0.717, 1.165) is 29.6 Å². The highest BCUT2D eigenvalue weighted by atomic mass is 32.2. The van der Waals surface area contributed by atoms with Crippen molar-refractivity contribution in [3.05, 3.63) is 30.0 Å². The molecule has 0 spiro atoms. The number of carbonyl (C=O) groups excluding carboxylic acids is 1. The zero-order valence-electron chi connectivity index (χ0n) is 14.3. The standard InChI is InChI=1S/C18H24N4O2S/c23-16(19-14-5-2-1-3-6-14)12-25-18-21-20-17(13-8-9-13)22(18)11-15-7-4-10-24-15/h4,7,10,13-14H,1-3,5-6,8-9,11-12H2,(H,19,23). The van der Waals surface area contributed by atoms with E-state index >= 15 is 0 Å². The number of rotatable bonds is 7. The molecule has 4 rings (SSSR count). The van der Waals surface area contributed by atoms with E-state index in [1.165, 1.54) is 43.9 Å². The number of furan rings is 1. The number of nitrogens with zero attached hydrogens (tertiary/aromatic N) is 3. The summed E-state index contributed by atoms with van der Waals surface area (Å²) in [6.45, 7) is 0.623. The summed E-state index contributed by atoms with van der Waals surface area (Å²) in [6.07, 6.45) is 9.97. The summed E-state index contributed by atoms with van der Waals surface area (Å²) in [4.78, 5) is 12.3. The van der Waals surface area contributed by atoms with Gasteiger partial charge in [-0.25, -0.2) is 0 Å². The summed E-state index contributed by atoms with van der Waals surface area (Å²) < 4.78 is 7.58. The highest BCUT2D eigenvalue weighted by molar-refractivity contribution is 7.99. The van der Waals surface area contributed by atoms with Gasteiger partial charge in [-0.1, -0.05) is 31.0 Å². The van der Waals surface area contributed by atoms with Crippen LogP contribution in [0.25, 0.3) is 0 Å². The van der Waals surface area contributed by atoms with Crippen LogP contribution in [0.5, 0.6) is 0 Å². The Morgan fingerprint density at radius 1 is 1.24 bits per heavy atom. The molecule has 0 atom stereocenters. The van der Waals surface area contributed by atoms with Gasteiger partial charge in [-0.3, -0.25) is 9.36 Å². The van der Waals surface area contributed by atoms with Crippen molar-refractivity contribution in [2.24, 2.45) is 0 Å². The van der Waals surface area contributed by atoms with E-state index < -0.39 is 0 Å². The molecule has 2 aliphatic rings. The van der Waals surface area contributed by atoms with E-state index in [2.05, 4.69) is 20.1 Å². The second-order valence-corrected chi connectivity index (χ2v) is 7.91. The van der Waals surface area contributed by atoms with Crippen molar-refractivity contribution in [3.8, 4) is 0 Å². The van der Waals surface area contributed by atoms with Crippen LogP contribution in [0, 0.1) is 0 Å². The van der Waals surface area contributed by atoms with Crippen molar-refractivity contribution in [3.63, 3.8) is 0 Å². The zero-order chi connectivity index (χ0) is 17.1.